The number of thiophene rings is 1. The molecule has 1 saturated heterocycles. The molecule has 0 unspecified atom stereocenters. The van der Waals surface area contributed by atoms with Crippen molar-refractivity contribution < 1.29 is 19.1 Å². The predicted octanol–water partition coefficient (Wildman–Crippen LogP) is 4.28. The van der Waals surface area contributed by atoms with Crippen molar-refractivity contribution in [3.8, 4) is 0 Å². The van der Waals surface area contributed by atoms with E-state index in [0.29, 0.717) is 29.5 Å². The summed E-state index contributed by atoms with van der Waals surface area (Å²) in [5, 5.41) is 8.57. The summed E-state index contributed by atoms with van der Waals surface area (Å²) in [5.41, 5.74) is 2.56. The third-order valence-electron chi connectivity index (χ3n) is 6.03. The lowest BCUT2D eigenvalue weighted by atomic mass is 10.0. The van der Waals surface area contributed by atoms with Gasteiger partial charge in [-0.25, -0.2) is 4.79 Å². The molecule has 2 aromatic rings. The summed E-state index contributed by atoms with van der Waals surface area (Å²) in [6.45, 7) is 8.01. The average molecular weight is 500 g/mol. The highest BCUT2D eigenvalue weighted by Gasteiger charge is 2.25. The Bertz CT molecular complexity index is 982. The van der Waals surface area contributed by atoms with Crippen LogP contribution < -0.4 is 10.6 Å². The number of esters is 1. The van der Waals surface area contributed by atoms with Gasteiger partial charge in [0.25, 0.3) is 0 Å². The van der Waals surface area contributed by atoms with Gasteiger partial charge < -0.3 is 15.4 Å². The molecule has 1 aromatic heterocycles. The summed E-state index contributed by atoms with van der Waals surface area (Å²) in [6.07, 6.45) is 3.60. The molecule has 0 bridgehead atoms. The Morgan fingerprint density at radius 1 is 1.11 bits per heavy atom. The number of nitrogens with one attached hydrogen (secondary N) is 2. The number of anilines is 1. The zero-order valence-corrected chi connectivity index (χ0v) is 21.8. The minimum absolute atomic E-state index is 0.0754. The van der Waals surface area contributed by atoms with E-state index in [4.69, 9.17) is 4.74 Å². The molecular formula is C27H37N3O4S. The molecule has 2 N–H and O–H groups in total. The SMILES string of the molecule is CCOC(=O)c1c(CC(C)C)csc1NC(=O)CN1CCC(NC(=O)CCc2ccccc2)CC1. The summed E-state index contributed by atoms with van der Waals surface area (Å²) in [6, 6.07) is 10.2. The molecule has 8 heteroatoms. The van der Waals surface area contributed by atoms with Gasteiger partial charge in [0.05, 0.1) is 18.7 Å². The first-order valence-electron chi connectivity index (χ1n) is 12.5. The normalized spacial score (nSPS) is 14.6. The molecule has 2 heterocycles. The number of benzene rings is 1. The van der Waals surface area contributed by atoms with Crippen LogP contribution in [0.15, 0.2) is 35.7 Å². The van der Waals surface area contributed by atoms with Crippen molar-refractivity contribution in [1.82, 2.24) is 10.2 Å². The summed E-state index contributed by atoms with van der Waals surface area (Å²) < 4.78 is 5.24. The van der Waals surface area contributed by atoms with Gasteiger partial charge in [0.15, 0.2) is 0 Å². The van der Waals surface area contributed by atoms with Gasteiger partial charge in [0, 0.05) is 25.6 Å². The van der Waals surface area contributed by atoms with Gasteiger partial charge in [0.2, 0.25) is 11.8 Å². The van der Waals surface area contributed by atoms with E-state index in [0.717, 1.165) is 49.9 Å². The lowest BCUT2D eigenvalue weighted by Gasteiger charge is -2.31. The molecule has 0 atom stereocenters. The molecule has 0 aliphatic carbocycles. The van der Waals surface area contributed by atoms with E-state index in [1.54, 1.807) is 6.92 Å². The fourth-order valence-corrected chi connectivity index (χ4v) is 5.29. The Hall–Kier alpha value is -2.71. The number of hydrogen-bond acceptors (Lipinski definition) is 6. The van der Waals surface area contributed by atoms with Crippen LogP contribution >= 0.6 is 11.3 Å². The van der Waals surface area contributed by atoms with Crippen molar-refractivity contribution in [3.63, 3.8) is 0 Å². The van der Waals surface area contributed by atoms with Crippen molar-refractivity contribution in [3.05, 3.63) is 52.4 Å². The molecule has 0 saturated carbocycles. The van der Waals surface area contributed by atoms with Crippen molar-refractivity contribution in [2.45, 2.75) is 58.9 Å². The quantitative estimate of drug-likeness (QED) is 0.451. The van der Waals surface area contributed by atoms with E-state index >= 15 is 0 Å². The second-order valence-electron chi connectivity index (χ2n) is 9.44. The molecule has 3 rings (SSSR count). The number of nitrogens with zero attached hydrogens (tertiary/aromatic N) is 1. The van der Waals surface area contributed by atoms with E-state index in [-0.39, 0.29) is 30.4 Å². The monoisotopic (exact) mass is 499 g/mol. The van der Waals surface area contributed by atoms with Crippen LogP contribution in [0.25, 0.3) is 0 Å². The number of piperidine rings is 1. The average Bonchev–Trinajstić information content (AvgIpc) is 3.21. The number of carbonyl (C=O) groups is 3. The maximum absolute atomic E-state index is 12.8. The van der Waals surface area contributed by atoms with Crippen molar-refractivity contribution >= 4 is 34.1 Å². The topological polar surface area (TPSA) is 87.7 Å². The van der Waals surface area contributed by atoms with Crippen LogP contribution in [0, 0.1) is 5.92 Å². The summed E-state index contributed by atoms with van der Waals surface area (Å²) in [5.74, 6) is -0.0600. The highest BCUT2D eigenvalue weighted by molar-refractivity contribution is 7.15. The number of likely N-dealkylation sites (tertiary alicyclic amines) is 1. The number of aryl methyl sites for hydroxylation is 1. The second kappa shape index (κ2) is 13.4. The lowest BCUT2D eigenvalue weighted by Crippen LogP contribution is -2.46. The van der Waals surface area contributed by atoms with Crippen LogP contribution in [0.4, 0.5) is 5.00 Å². The predicted molar refractivity (Wildman–Crippen MR) is 140 cm³/mol. The maximum atomic E-state index is 12.8. The Balaban J connectivity index is 1.45. The van der Waals surface area contributed by atoms with Crippen molar-refractivity contribution in [1.29, 1.82) is 0 Å². The fourth-order valence-electron chi connectivity index (χ4n) is 4.31. The van der Waals surface area contributed by atoms with Crippen LogP contribution in [0.2, 0.25) is 0 Å². The first kappa shape index (κ1) is 26.9. The third kappa shape index (κ3) is 8.47. The molecule has 1 fully saturated rings. The molecular weight excluding hydrogens is 462 g/mol. The molecule has 1 aliphatic rings. The van der Waals surface area contributed by atoms with Gasteiger partial charge in [-0.15, -0.1) is 11.3 Å². The van der Waals surface area contributed by atoms with E-state index in [1.165, 1.54) is 11.3 Å². The van der Waals surface area contributed by atoms with Gasteiger partial charge in [-0.05, 0) is 55.0 Å². The summed E-state index contributed by atoms with van der Waals surface area (Å²) >= 11 is 1.37. The standard InChI is InChI=1S/C27H37N3O4S/c1-4-34-27(33)25-21(16-19(2)3)18-35-26(25)29-24(32)17-30-14-12-22(13-15-30)28-23(31)11-10-20-8-6-5-7-9-20/h5-9,18-19,22H,4,10-17H2,1-3H3,(H,28,31)(H,29,32). The molecule has 2 amide bonds. The molecule has 1 aliphatic heterocycles. The molecule has 35 heavy (non-hydrogen) atoms. The number of carbonyl (C=O) groups excluding carboxylic acids is 3. The van der Waals surface area contributed by atoms with Crippen molar-refractivity contribution in [2.75, 3.05) is 31.6 Å². The first-order chi connectivity index (χ1) is 16.9. The summed E-state index contributed by atoms with van der Waals surface area (Å²) in [7, 11) is 0. The molecule has 1 aromatic carbocycles. The van der Waals surface area contributed by atoms with Crippen LogP contribution in [-0.2, 0) is 27.2 Å². The van der Waals surface area contributed by atoms with Crippen LogP contribution in [-0.4, -0.2) is 55.0 Å². The molecule has 190 valence electrons. The zero-order chi connectivity index (χ0) is 25.2. The Morgan fingerprint density at radius 2 is 1.83 bits per heavy atom. The highest BCUT2D eigenvalue weighted by atomic mass is 32.1. The smallest absolute Gasteiger partial charge is 0.341 e. The van der Waals surface area contributed by atoms with Crippen molar-refractivity contribution in [2.24, 2.45) is 5.92 Å². The van der Waals surface area contributed by atoms with Gasteiger partial charge in [-0.3, -0.25) is 14.5 Å². The Labute approximate surface area is 212 Å². The summed E-state index contributed by atoms with van der Waals surface area (Å²) in [4.78, 5) is 39.7. The largest absolute Gasteiger partial charge is 0.462 e. The Morgan fingerprint density at radius 3 is 2.49 bits per heavy atom. The lowest BCUT2D eigenvalue weighted by molar-refractivity contribution is -0.122. The van der Waals surface area contributed by atoms with Crippen LogP contribution in [0.5, 0.6) is 0 Å². The van der Waals surface area contributed by atoms with E-state index in [1.807, 2.05) is 35.7 Å². The van der Waals surface area contributed by atoms with Gasteiger partial charge in [-0.1, -0.05) is 44.2 Å². The number of rotatable bonds is 11. The number of amides is 2. The molecule has 0 spiro atoms. The maximum Gasteiger partial charge on any atom is 0.341 e. The van der Waals surface area contributed by atoms with E-state index < -0.39 is 0 Å². The first-order valence-corrected chi connectivity index (χ1v) is 13.4. The second-order valence-corrected chi connectivity index (χ2v) is 10.3. The number of hydrogen-bond donors (Lipinski definition) is 2. The molecule has 0 radical (unpaired) electrons. The minimum Gasteiger partial charge on any atom is -0.462 e. The van der Waals surface area contributed by atoms with Crippen LogP contribution in [0.3, 0.4) is 0 Å². The Kier molecular flexibility index (Phi) is 10.3. The van der Waals surface area contributed by atoms with E-state index in [2.05, 4.69) is 29.4 Å². The third-order valence-corrected chi connectivity index (χ3v) is 6.98. The fraction of sp³-hybridized carbons (Fsp3) is 0.519. The van der Waals surface area contributed by atoms with E-state index in [9.17, 15) is 14.4 Å². The van der Waals surface area contributed by atoms with Gasteiger partial charge in [-0.2, -0.15) is 0 Å². The van der Waals surface area contributed by atoms with Crippen LogP contribution in [0.1, 0.15) is 61.5 Å². The zero-order valence-electron chi connectivity index (χ0n) is 21.0. The highest BCUT2D eigenvalue weighted by Crippen LogP contribution is 2.31. The van der Waals surface area contributed by atoms with Gasteiger partial charge >= 0.3 is 5.97 Å². The minimum atomic E-state index is -0.386. The number of ether oxygens (including phenoxy) is 1. The van der Waals surface area contributed by atoms with Gasteiger partial charge in [0.1, 0.15) is 5.00 Å². The molecule has 7 nitrogen and oxygen atoms in total.